The monoisotopic (exact) mass is 394 g/mol. The van der Waals surface area contributed by atoms with Crippen molar-refractivity contribution in [2.24, 2.45) is 5.41 Å². The second-order valence-corrected chi connectivity index (χ2v) is 9.68. The molecule has 1 unspecified atom stereocenters. The number of nitrogens with one attached hydrogen (secondary N) is 2. The maximum Gasteiger partial charge on any atom is 0.220 e. The molecule has 4 nitrogen and oxygen atoms in total. The second-order valence-electron chi connectivity index (χ2n) is 9.68. The summed E-state index contributed by atoms with van der Waals surface area (Å²) >= 11 is 0. The van der Waals surface area contributed by atoms with Crippen molar-refractivity contribution in [3.05, 3.63) is 65.2 Å². The van der Waals surface area contributed by atoms with Gasteiger partial charge in [0.2, 0.25) is 5.91 Å². The van der Waals surface area contributed by atoms with Crippen LogP contribution in [-0.4, -0.2) is 33.1 Å². The van der Waals surface area contributed by atoms with Gasteiger partial charge >= 0.3 is 0 Å². The van der Waals surface area contributed by atoms with Crippen LogP contribution >= 0.6 is 0 Å². The minimum atomic E-state index is 0.00383. The lowest BCUT2D eigenvalue weighted by atomic mass is 9.92. The standard InChI is InChI=1S/C25H35N3O/c1-25(2,3)16-24(29)26-17-23(20-10-12-22(13-11-20)27(4)5)28-15-14-19-8-6-7-9-21(19)18-28/h6-13,23H,14-18H2,1-5H3,(H,26,29)/p+1/t23-/m1/s1. The van der Waals surface area contributed by atoms with Crippen LogP contribution in [0.15, 0.2) is 48.5 Å². The van der Waals surface area contributed by atoms with E-state index < -0.39 is 0 Å². The zero-order valence-corrected chi connectivity index (χ0v) is 18.6. The van der Waals surface area contributed by atoms with Gasteiger partial charge in [0.15, 0.2) is 0 Å². The summed E-state index contributed by atoms with van der Waals surface area (Å²) in [4.78, 5) is 16.1. The van der Waals surface area contributed by atoms with Crippen molar-refractivity contribution >= 4 is 11.6 Å². The smallest absolute Gasteiger partial charge is 0.220 e. The molecule has 2 N–H and O–H groups in total. The molecule has 4 heteroatoms. The summed E-state index contributed by atoms with van der Waals surface area (Å²) in [6, 6.07) is 17.8. The molecule has 0 aliphatic carbocycles. The molecule has 1 amide bonds. The van der Waals surface area contributed by atoms with E-state index in [0.29, 0.717) is 13.0 Å². The van der Waals surface area contributed by atoms with Crippen LogP contribution in [0.3, 0.4) is 0 Å². The van der Waals surface area contributed by atoms with E-state index in [9.17, 15) is 4.79 Å². The second kappa shape index (κ2) is 9.00. The Bertz CT molecular complexity index is 821. The van der Waals surface area contributed by atoms with E-state index in [1.54, 1.807) is 0 Å². The number of benzene rings is 2. The third-order valence-electron chi connectivity index (χ3n) is 5.75. The Labute approximate surface area is 175 Å². The molecule has 0 spiro atoms. The van der Waals surface area contributed by atoms with Crippen LogP contribution < -0.4 is 15.1 Å². The molecular formula is C25H36N3O+. The van der Waals surface area contributed by atoms with Crippen LogP contribution in [0.25, 0.3) is 0 Å². The predicted octanol–water partition coefficient (Wildman–Crippen LogP) is 2.99. The van der Waals surface area contributed by atoms with Crippen molar-refractivity contribution in [3.63, 3.8) is 0 Å². The van der Waals surface area contributed by atoms with Crippen LogP contribution in [0.1, 0.15) is 49.9 Å². The zero-order valence-electron chi connectivity index (χ0n) is 18.6. The maximum absolute atomic E-state index is 12.5. The number of anilines is 1. The van der Waals surface area contributed by atoms with E-state index in [1.807, 2.05) is 0 Å². The number of hydrogen-bond donors (Lipinski definition) is 2. The van der Waals surface area contributed by atoms with Gasteiger partial charge in [-0.2, -0.15) is 0 Å². The molecule has 29 heavy (non-hydrogen) atoms. The first-order chi connectivity index (χ1) is 13.7. The zero-order chi connectivity index (χ0) is 21.0. The highest BCUT2D eigenvalue weighted by atomic mass is 16.1. The van der Waals surface area contributed by atoms with Gasteiger partial charge in [-0.1, -0.05) is 57.2 Å². The van der Waals surface area contributed by atoms with E-state index in [0.717, 1.165) is 19.5 Å². The largest absolute Gasteiger partial charge is 0.378 e. The van der Waals surface area contributed by atoms with Gasteiger partial charge in [0.05, 0.1) is 13.1 Å². The molecule has 2 aromatic rings. The van der Waals surface area contributed by atoms with Gasteiger partial charge in [0, 0.05) is 43.8 Å². The van der Waals surface area contributed by atoms with Crippen LogP contribution in [0.4, 0.5) is 5.69 Å². The molecule has 3 rings (SSSR count). The van der Waals surface area contributed by atoms with Crippen molar-refractivity contribution < 1.29 is 9.69 Å². The summed E-state index contributed by atoms with van der Waals surface area (Å²) in [5, 5.41) is 3.23. The first-order valence-electron chi connectivity index (χ1n) is 10.7. The molecule has 0 fully saturated rings. The third-order valence-corrected chi connectivity index (χ3v) is 5.75. The fourth-order valence-corrected chi connectivity index (χ4v) is 4.16. The molecule has 1 aliphatic rings. The van der Waals surface area contributed by atoms with Crippen LogP contribution in [0.5, 0.6) is 0 Å². The summed E-state index contributed by atoms with van der Waals surface area (Å²) in [6.07, 6.45) is 1.64. The SMILES string of the molecule is CN(C)c1ccc([C@@H](CNC(=O)CC(C)(C)C)[NH+]2CCc3ccccc3C2)cc1. The number of rotatable bonds is 6. The molecule has 0 saturated carbocycles. The summed E-state index contributed by atoms with van der Waals surface area (Å²) in [7, 11) is 4.12. The topological polar surface area (TPSA) is 36.8 Å². The normalized spacial score (nSPS) is 17.3. The van der Waals surface area contributed by atoms with E-state index in [1.165, 1.54) is 27.3 Å². The Morgan fingerprint density at radius 1 is 1.07 bits per heavy atom. The van der Waals surface area contributed by atoms with Crippen molar-refractivity contribution in [2.75, 3.05) is 32.1 Å². The molecule has 2 aromatic carbocycles. The van der Waals surface area contributed by atoms with Crippen molar-refractivity contribution in [1.29, 1.82) is 0 Å². The van der Waals surface area contributed by atoms with Gasteiger partial charge in [-0.25, -0.2) is 0 Å². The number of carbonyl (C=O) groups is 1. The van der Waals surface area contributed by atoms with Crippen molar-refractivity contribution in [3.8, 4) is 0 Å². The molecule has 1 aliphatic heterocycles. The molecule has 2 atom stereocenters. The molecule has 0 aromatic heterocycles. The summed E-state index contributed by atoms with van der Waals surface area (Å²) in [5.74, 6) is 0.143. The maximum atomic E-state index is 12.5. The lowest BCUT2D eigenvalue weighted by Gasteiger charge is -2.33. The molecule has 1 heterocycles. The van der Waals surface area contributed by atoms with Crippen LogP contribution in [0.2, 0.25) is 0 Å². The van der Waals surface area contributed by atoms with E-state index >= 15 is 0 Å². The third kappa shape index (κ3) is 5.83. The minimum Gasteiger partial charge on any atom is -0.378 e. The highest BCUT2D eigenvalue weighted by Gasteiger charge is 2.29. The fourth-order valence-electron chi connectivity index (χ4n) is 4.16. The lowest BCUT2D eigenvalue weighted by Crippen LogP contribution is -3.12. The van der Waals surface area contributed by atoms with Crippen molar-refractivity contribution in [1.82, 2.24) is 5.32 Å². The molecule has 156 valence electrons. The van der Waals surface area contributed by atoms with Gasteiger partial charge in [-0.3, -0.25) is 4.79 Å². The van der Waals surface area contributed by atoms with Crippen molar-refractivity contribution in [2.45, 2.75) is 46.2 Å². The van der Waals surface area contributed by atoms with Crippen LogP contribution in [0, 0.1) is 5.41 Å². The lowest BCUT2D eigenvalue weighted by molar-refractivity contribution is -0.945. The number of nitrogens with zero attached hydrogens (tertiary/aromatic N) is 1. The van der Waals surface area contributed by atoms with E-state index in [2.05, 4.69) is 93.6 Å². The van der Waals surface area contributed by atoms with E-state index in [-0.39, 0.29) is 17.4 Å². The van der Waals surface area contributed by atoms with Gasteiger partial charge in [-0.15, -0.1) is 0 Å². The highest BCUT2D eigenvalue weighted by molar-refractivity contribution is 5.76. The average Bonchev–Trinajstić information content (AvgIpc) is 2.67. The Kier molecular flexibility index (Phi) is 6.63. The Morgan fingerprint density at radius 2 is 1.72 bits per heavy atom. The summed E-state index contributed by atoms with van der Waals surface area (Å²) in [5.41, 5.74) is 5.40. The summed E-state index contributed by atoms with van der Waals surface area (Å²) < 4.78 is 0. The molecule has 0 radical (unpaired) electrons. The first-order valence-corrected chi connectivity index (χ1v) is 10.7. The number of hydrogen-bond acceptors (Lipinski definition) is 2. The summed E-state index contributed by atoms with van der Waals surface area (Å²) in [6.45, 7) is 9.09. The molecule has 0 saturated heterocycles. The molecular weight excluding hydrogens is 358 g/mol. The van der Waals surface area contributed by atoms with Gasteiger partial charge in [0.1, 0.15) is 12.6 Å². The van der Waals surface area contributed by atoms with Gasteiger partial charge in [0.25, 0.3) is 0 Å². The Morgan fingerprint density at radius 3 is 2.34 bits per heavy atom. The Balaban J connectivity index is 1.79. The Hall–Kier alpha value is -2.33. The predicted molar refractivity (Wildman–Crippen MR) is 120 cm³/mol. The highest BCUT2D eigenvalue weighted by Crippen LogP contribution is 2.20. The first kappa shape index (κ1) is 21.4. The van der Waals surface area contributed by atoms with E-state index in [4.69, 9.17) is 0 Å². The quantitative estimate of drug-likeness (QED) is 0.790. The van der Waals surface area contributed by atoms with Crippen LogP contribution in [-0.2, 0) is 17.8 Å². The minimum absolute atomic E-state index is 0.00383. The number of quaternary nitrogens is 1. The number of fused-ring (bicyclic) bond motifs is 1. The molecule has 0 bridgehead atoms. The fraction of sp³-hybridized carbons (Fsp3) is 0.480. The average molecular weight is 395 g/mol. The number of carbonyl (C=O) groups excluding carboxylic acids is 1. The van der Waals surface area contributed by atoms with Gasteiger partial charge < -0.3 is 15.1 Å². The number of amides is 1. The van der Waals surface area contributed by atoms with Gasteiger partial charge in [-0.05, 0) is 23.1 Å².